The molecule has 1 aliphatic rings. The average Bonchev–Trinajstić information content (AvgIpc) is 2.73. The first kappa shape index (κ1) is 14.8. The van der Waals surface area contributed by atoms with E-state index in [4.69, 9.17) is 9.98 Å². The van der Waals surface area contributed by atoms with Crippen LogP contribution in [0.1, 0.15) is 17.3 Å². The van der Waals surface area contributed by atoms with Gasteiger partial charge in [-0.25, -0.2) is 4.98 Å². The molecule has 0 spiro atoms. The molecule has 5 rings (SSSR count). The van der Waals surface area contributed by atoms with E-state index in [9.17, 15) is 0 Å². The molecule has 3 heteroatoms. The van der Waals surface area contributed by atoms with Gasteiger partial charge in [0.05, 0.1) is 11.2 Å². The van der Waals surface area contributed by atoms with Gasteiger partial charge in [0, 0.05) is 17.2 Å². The molecule has 1 unspecified atom stereocenters. The molecule has 0 saturated heterocycles. The van der Waals surface area contributed by atoms with Crippen LogP contribution in [0.3, 0.4) is 0 Å². The second-order valence-corrected chi connectivity index (χ2v) is 6.35. The minimum atomic E-state index is -0.125. The molecule has 2 heterocycles. The van der Waals surface area contributed by atoms with E-state index in [0.29, 0.717) is 0 Å². The van der Waals surface area contributed by atoms with Crippen LogP contribution in [0.2, 0.25) is 0 Å². The predicted molar refractivity (Wildman–Crippen MR) is 107 cm³/mol. The van der Waals surface area contributed by atoms with Crippen molar-refractivity contribution in [1.82, 2.24) is 4.98 Å². The summed E-state index contributed by atoms with van der Waals surface area (Å²) in [6, 6.07) is 31.1. The molecule has 0 fully saturated rings. The number of fused-ring (bicyclic) bond motifs is 2. The van der Waals surface area contributed by atoms with Crippen molar-refractivity contribution in [2.75, 3.05) is 4.90 Å². The van der Waals surface area contributed by atoms with Gasteiger partial charge in [-0.15, -0.1) is 0 Å². The molecule has 1 aliphatic heterocycles. The lowest BCUT2D eigenvalue weighted by Crippen LogP contribution is -2.27. The predicted octanol–water partition coefficient (Wildman–Crippen LogP) is 5.50. The Bertz CT molecular complexity index is 1100. The summed E-state index contributed by atoms with van der Waals surface area (Å²) in [5.41, 5.74) is 4.37. The van der Waals surface area contributed by atoms with Crippen LogP contribution in [0.25, 0.3) is 10.9 Å². The van der Waals surface area contributed by atoms with Crippen LogP contribution in [0.15, 0.2) is 96.0 Å². The van der Waals surface area contributed by atoms with Crippen molar-refractivity contribution < 1.29 is 0 Å². The minimum Gasteiger partial charge on any atom is -0.299 e. The number of hydrogen-bond donors (Lipinski definition) is 0. The summed E-state index contributed by atoms with van der Waals surface area (Å²) in [7, 11) is 0. The van der Waals surface area contributed by atoms with Crippen molar-refractivity contribution in [2.24, 2.45) is 4.99 Å². The number of aliphatic imine (C=N–C) groups is 1. The van der Waals surface area contributed by atoms with Crippen molar-refractivity contribution in [3.8, 4) is 0 Å². The van der Waals surface area contributed by atoms with Gasteiger partial charge in [-0.2, -0.15) is 0 Å². The molecule has 0 aliphatic carbocycles. The summed E-state index contributed by atoms with van der Waals surface area (Å²) in [5, 5.41) is 1.14. The van der Waals surface area contributed by atoms with Crippen LogP contribution in [0, 0.1) is 0 Å². The van der Waals surface area contributed by atoms with Gasteiger partial charge in [-0.1, -0.05) is 66.7 Å². The first-order chi connectivity index (χ1) is 12.9. The highest BCUT2D eigenvalue weighted by Gasteiger charge is 2.27. The highest BCUT2D eigenvalue weighted by atomic mass is 15.3. The zero-order valence-electron chi connectivity index (χ0n) is 14.2. The molecule has 0 saturated carbocycles. The SMILES string of the molecule is C1=NC(c2ccccc2)N(c2ccc3ccccc3n2)c2ccccc21. The standard InChI is InChI=1S/C23H17N3/c1-2-9-18(10-3-1)23-24-16-19-11-5-7-13-21(19)26(23)22-15-14-17-8-4-6-12-20(17)25-22/h1-16,23H. The summed E-state index contributed by atoms with van der Waals surface area (Å²) in [4.78, 5) is 12.0. The van der Waals surface area contributed by atoms with Crippen LogP contribution in [0.4, 0.5) is 11.5 Å². The highest BCUT2D eigenvalue weighted by Crippen LogP contribution is 2.39. The molecular formula is C23H17N3. The molecule has 1 aromatic heterocycles. The summed E-state index contributed by atoms with van der Waals surface area (Å²) in [6.07, 6.45) is 1.84. The van der Waals surface area contributed by atoms with Crippen molar-refractivity contribution in [3.05, 3.63) is 102 Å². The van der Waals surface area contributed by atoms with Gasteiger partial charge < -0.3 is 0 Å². The lowest BCUT2D eigenvalue weighted by atomic mass is 10.1. The fourth-order valence-corrected chi connectivity index (χ4v) is 3.46. The largest absolute Gasteiger partial charge is 0.299 e. The van der Waals surface area contributed by atoms with Gasteiger partial charge in [-0.05, 0) is 29.8 Å². The molecule has 0 radical (unpaired) electrons. The van der Waals surface area contributed by atoms with Crippen molar-refractivity contribution >= 4 is 28.6 Å². The minimum absolute atomic E-state index is 0.125. The van der Waals surface area contributed by atoms with Crippen LogP contribution in [0.5, 0.6) is 0 Å². The van der Waals surface area contributed by atoms with Crippen LogP contribution < -0.4 is 4.90 Å². The number of pyridine rings is 1. The normalized spacial score (nSPS) is 15.8. The van der Waals surface area contributed by atoms with Crippen LogP contribution in [-0.4, -0.2) is 11.2 Å². The van der Waals surface area contributed by atoms with Crippen molar-refractivity contribution in [1.29, 1.82) is 0 Å². The maximum atomic E-state index is 4.93. The van der Waals surface area contributed by atoms with E-state index in [-0.39, 0.29) is 6.17 Å². The summed E-state index contributed by atoms with van der Waals surface area (Å²) >= 11 is 0. The molecule has 124 valence electrons. The fourth-order valence-electron chi connectivity index (χ4n) is 3.46. The molecule has 1 atom stereocenters. The maximum absolute atomic E-state index is 4.93. The number of nitrogens with zero attached hydrogens (tertiary/aromatic N) is 3. The first-order valence-electron chi connectivity index (χ1n) is 8.72. The van der Waals surface area contributed by atoms with E-state index in [1.807, 2.05) is 30.5 Å². The van der Waals surface area contributed by atoms with E-state index in [1.54, 1.807) is 0 Å². The zero-order chi connectivity index (χ0) is 17.3. The van der Waals surface area contributed by atoms with Gasteiger partial charge in [-0.3, -0.25) is 9.89 Å². The van der Waals surface area contributed by atoms with Gasteiger partial charge in [0.2, 0.25) is 0 Å². The second-order valence-electron chi connectivity index (χ2n) is 6.35. The smallest absolute Gasteiger partial charge is 0.152 e. The Balaban J connectivity index is 1.71. The Hall–Kier alpha value is -3.46. The van der Waals surface area contributed by atoms with E-state index < -0.39 is 0 Å². The molecule has 0 amide bonds. The van der Waals surface area contributed by atoms with Crippen LogP contribution >= 0.6 is 0 Å². The van der Waals surface area contributed by atoms with E-state index in [1.165, 1.54) is 0 Å². The first-order valence-corrected chi connectivity index (χ1v) is 8.72. The third-order valence-electron chi connectivity index (χ3n) is 4.72. The maximum Gasteiger partial charge on any atom is 0.152 e. The molecule has 0 N–H and O–H groups in total. The summed E-state index contributed by atoms with van der Waals surface area (Å²) in [6.45, 7) is 0. The third-order valence-corrected chi connectivity index (χ3v) is 4.72. The topological polar surface area (TPSA) is 28.5 Å². The van der Waals surface area contributed by atoms with E-state index >= 15 is 0 Å². The number of hydrogen-bond acceptors (Lipinski definition) is 3. The highest BCUT2D eigenvalue weighted by molar-refractivity contribution is 5.93. The molecule has 3 aromatic carbocycles. The monoisotopic (exact) mass is 335 g/mol. The number of rotatable bonds is 2. The Morgan fingerprint density at radius 1 is 0.692 bits per heavy atom. The van der Waals surface area contributed by atoms with Crippen molar-refractivity contribution in [3.63, 3.8) is 0 Å². The van der Waals surface area contributed by atoms with Crippen LogP contribution in [-0.2, 0) is 0 Å². The molecule has 26 heavy (non-hydrogen) atoms. The Morgan fingerprint density at radius 3 is 2.38 bits per heavy atom. The Morgan fingerprint density at radius 2 is 1.46 bits per heavy atom. The average molecular weight is 335 g/mol. The van der Waals surface area contributed by atoms with Gasteiger partial charge in [0.25, 0.3) is 0 Å². The lowest BCUT2D eigenvalue weighted by molar-refractivity contribution is 0.725. The zero-order valence-corrected chi connectivity index (χ0v) is 14.2. The van der Waals surface area contributed by atoms with Crippen molar-refractivity contribution in [2.45, 2.75) is 6.17 Å². The summed E-state index contributed by atoms with van der Waals surface area (Å²) in [5.74, 6) is 0.904. The molecule has 4 aromatic rings. The molecular weight excluding hydrogens is 318 g/mol. The quantitative estimate of drug-likeness (QED) is 0.483. The summed E-state index contributed by atoms with van der Waals surface area (Å²) < 4.78 is 0. The number of aromatic nitrogens is 1. The Labute approximate surface area is 152 Å². The number of para-hydroxylation sites is 2. The third kappa shape index (κ3) is 2.45. The van der Waals surface area contributed by atoms with E-state index in [0.717, 1.165) is 33.5 Å². The Kier molecular flexibility index (Phi) is 3.49. The number of benzene rings is 3. The number of anilines is 2. The molecule has 3 nitrogen and oxygen atoms in total. The molecule has 0 bridgehead atoms. The van der Waals surface area contributed by atoms with Gasteiger partial charge in [0.15, 0.2) is 6.17 Å². The fraction of sp³-hybridized carbons (Fsp3) is 0.0435. The van der Waals surface area contributed by atoms with E-state index in [2.05, 4.69) is 71.6 Å². The second kappa shape index (κ2) is 6.12. The lowest BCUT2D eigenvalue weighted by Gasteiger charge is -2.34. The van der Waals surface area contributed by atoms with Gasteiger partial charge in [0.1, 0.15) is 5.82 Å². The van der Waals surface area contributed by atoms with Gasteiger partial charge >= 0.3 is 0 Å².